The fourth-order valence-electron chi connectivity index (χ4n) is 11.5. The van der Waals surface area contributed by atoms with Crippen molar-refractivity contribution in [2.45, 2.75) is 146 Å². The van der Waals surface area contributed by atoms with Gasteiger partial charge in [0.2, 0.25) is 0 Å². The van der Waals surface area contributed by atoms with Crippen molar-refractivity contribution >= 4 is 80.6 Å². The van der Waals surface area contributed by atoms with Gasteiger partial charge in [0, 0.05) is 103 Å². The highest BCUT2D eigenvalue weighted by molar-refractivity contribution is 7.15. The van der Waals surface area contributed by atoms with Gasteiger partial charge in [0.1, 0.15) is 69.4 Å². The lowest BCUT2D eigenvalue weighted by Crippen LogP contribution is -2.14. The molecule has 17 nitrogen and oxygen atoms in total. The number of rotatable bonds is 17. The molecule has 0 saturated heterocycles. The molecule has 0 unspecified atom stereocenters. The van der Waals surface area contributed by atoms with E-state index in [-0.39, 0.29) is 48.3 Å². The van der Waals surface area contributed by atoms with Gasteiger partial charge in [-0.25, -0.2) is 0 Å². The van der Waals surface area contributed by atoms with Gasteiger partial charge < -0.3 is 9.47 Å². The summed E-state index contributed by atoms with van der Waals surface area (Å²) in [4.78, 5) is 54.4. The summed E-state index contributed by atoms with van der Waals surface area (Å²) in [5.74, 6) is 6.53. The van der Waals surface area contributed by atoms with E-state index in [9.17, 15) is 14.4 Å². The molecule has 476 valence electrons. The summed E-state index contributed by atoms with van der Waals surface area (Å²) >= 11 is 20.1. The van der Waals surface area contributed by atoms with Gasteiger partial charge in [0.15, 0.2) is 17.5 Å². The van der Waals surface area contributed by atoms with Crippen molar-refractivity contribution in [3.8, 4) is 27.9 Å². The van der Waals surface area contributed by atoms with Crippen LogP contribution in [0.2, 0.25) is 15.1 Å². The van der Waals surface area contributed by atoms with Crippen LogP contribution >= 0.6 is 46.1 Å². The first-order valence-electron chi connectivity index (χ1n) is 31.0. The van der Waals surface area contributed by atoms with E-state index >= 15 is 0 Å². The molecule has 3 atom stereocenters. The first kappa shape index (κ1) is 66.6. The molecule has 3 aliphatic rings. The summed E-state index contributed by atoms with van der Waals surface area (Å²) in [6.07, 6.45) is 2.78. The molecule has 5 aromatic carbocycles. The minimum atomic E-state index is -0.440. The number of ketones is 3. The largest absolute Gasteiger partial charge is 0.497 e. The lowest BCUT2D eigenvalue weighted by Gasteiger charge is -2.16. The molecule has 0 aliphatic carbocycles. The zero-order valence-electron chi connectivity index (χ0n) is 54.0. The lowest BCUT2D eigenvalue weighted by molar-refractivity contribution is -0.122. The van der Waals surface area contributed by atoms with E-state index in [2.05, 4.69) is 62.9 Å². The van der Waals surface area contributed by atoms with Crippen LogP contribution in [-0.2, 0) is 14.4 Å². The molecule has 4 aromatic heterocycles. The van der Waals surface area contributed by atoms with E-state index in [0.717, 1.165) is 108 Å². The summed E-state index contributed by atoms with van der Waals surface area (Å²) in [5.41, 5.74) is 11.2. The number of nitrogens with zero attached hydrogens (tertiary/aromatic N) is 12. The zero-order chi connectivity index (χ0) is 65.8. The highest BCUT2D eigenvalue weighted by Gasteiger charge is 2.35. The second-order valence-corrected chi connectivity index (χ2v) is 26.7. The quantitative estimate of drug-likeness (QED) is 0.0840. The van der Waals surface area contributed by atoms with Gasteiger partial charge in [-0.15, -0.1) is 41.9 Å². The van der Waals surface area contributed by atoms with Crippen molar-refractivity contribution in [2.75, 3.05) is 7.11 Å². The van der Waals surface area contributed by atoms with Crippen LogP contribution in [0.3, 0.4) is 0 Å². The van der Waals surface area contributed by atoms with Gasteiger partial charge in [-0.1, -0.05) is 106 Å². The molecule has 0 N–H and O–H groups in total. The number of ether oxygens (including phenoxy) is 2. The van der Waals surface area contributed by atoms with Gasteiger partial charge >= 0.3 is 0 Å². The number of hydrogen-bond acceptors (Lipinski definition) is 15. The van der Waals surface area contributed by atoms with Gasteiger partial charge in [0.05, 0.1) is 41.7 Å². The summed E-state index contributed by atoms with van der Waals surface area (Å²) in [6, 6.07) is 33.5. The second-order valence-electron chi connectivity index (χ2n) is 24.2. The number of fused-ring (bicyclic) bond motifs is 9. The average molecular weight is 1310 g/mol. The lowest BCUT2D eigenvalue weighted by atomic mass is 9.99. The summed E-state index contributed by atoms with van der Waals surface area (Å²) < 4.78 is 17.5. The fourth-order valence-corrected chi connectivity index (χ4v) is 13.1. The third-order valence-corrected chi connectivity index (χ3v) is 18.0. The van der Waals surface area contributed by atoms with Crippen LogP contribution in [0, 0.1) is 46.5 Å². The number of benzene rings is 5. The number of thiophene rings is 1. The minimum Gasteiger partial charge on any atom is -0.497 e. The molecule has 0 radical (unpaired) electrons. The molecule has 0 bridgehead atoms. The molecule has 0 amide bonds. The number of carbonyl (C=O) groups is 3. The Kier molecular flexibility index (Phi) is 20.8. The Hall–Kier alpha value is -8.29. The van der Waals surface area contributed by atoms with Gasteiger partial charge in [-0.2, -0.15) is 0 Å². The first-order valence-corrected chi connectivity index (χ1v) is 32.9. The third-order valence-electron chi connectivity index (χ3n) is 16.0. The number of carbonyl (C=O) groups excluding carboxylic acids is 3. The van der Waals surface area contributed by atoms with Gasteiger partial charge in [-0.05, 0) is 127 Å². The van der Waals surface area contributed by atoms with E-state index in [1.54, 1.807) is 18.4 Å². The van der Waals surface area contributed by atoms with Gasteiger partial charge in [0.25, 0.3) is 0 Å². The summed E-state index contributed by atoms with van der Waals surface area (Å²) in [6.45, 7) is 23.9. The monoisotopic (exact) mass is 1310 g/mol. The predicted octanol–water partition coefficient (Wildman–Crippen LogP) is 16.2. The van der Waals surface area contributed by atoms with Crippen LogP contribution in [0.15, 0.2) is 124 Å². The topological polar surface area (TPSA) is 199 Å². The van der Waals surface area contributed by atoms with Crippen molar-refractivity contribution in [1.82, 2.24) is 44.3 Å². The van der Waals surface area contributed by atoms with Gasteiger partial charge in [-0.3, -0.25) is 43.1 Å². The predicted molar refractivity (Wildman–Crippen MR) is 366 cm³/mol. The number of aliphatic imine (C=N–C) groups is 3. The normalized spacial score (nSPS) is 15.3. The number of hydrogen-bond donors (Lipinski definition) is 0. The Bertz CT molecular complexity index is 4310. The van der Waals surface area contributed by atoms with Crippen LogP contribution in [0.4, 0.5) is 0 Å². The molecule has 92 heavy (non-hydrogen) atoms. The first-order chi connectivity index (χ1) is 44.0. The zero-order valence-corrected chi connectivity index (χ0v) is 57.1. The van der Waals surface area contributed by atoms with Crippen molar-refractivity contribution in [2.24, 2.45) is 26.8 Å². The Morgan fingerprint density at radius 1 is 0.533 bits per heavy atom. The SMILES string of the molecule is CCCC(=O)C[C@@H]1N=C(c2ccc(Cl)cc2)c2ccc(OC(C)C)cc2-n2c(C)nnc21.COc1ccc2c(c1)-n1c(C)nnc1[C@H](CC(=O)C(C)C)N=C2c1ccc(Cl)cc1.Cc1sc2c(c1C)C(c1ccc(Cl)cc1)=N[C@@H](CC(=O)CC(C)C)c1nnc(C)n1-2. The van der Waals surface area contributed by atoms with Crippen molar-refractivity contribution in [3.05, 3.63) is 203 Å². The fraction of sp³-hybridized carbons (Fsp3) is 0.352. The van der Waals surface area contributed by atoms with Crippen molar-refractivity contribution in [3.63, 3.8) is 0 Å². The molecule has 7 heterocycles. The Morgan fingerprint density at radius 3 is 1.41 bits per heavy atom. The number of Topliss-reactive ketones (excluding diaryl/α,β-unsaturated/α-hetero) is 3. The van der Waals surface area contributed by atoms with Crippen molar-refractivity contribution < 1.29 is 23.9 Å². The van der Waals surface area contributed by atoms with Crippen LogP contribution in [0.1, 0.15) is 184 Å². The Morgan fingerprint density at radius 2 is 0.957 bits per heavy atom. The molecule has 12 rings (SSSR count). The molecular weight excluding hydrogens is 1240 g/mol. The molecule has 21 heteroatoms. The third kappa shape index (κ3) is 14.5. The molecule has 9 aromatic rings. The van der Waals surface area contributed by atoms with E-state index in [4.69, 9.17) is 59.3 Å². The smallest absolute Gasteiger partial charge is 0.163 e. The van der Waals surface area contributed by atoms with Crippen LogP contribution < -0.4 is 9.47 Å². The molecule has 0 fully saturated rings. The maximum absolute atomic E-state index is 12.7. The Labute approximate surface area is 556 Å². The minimum absolute atomic E-state index is 0.0455. The number of methoxy groups -OCH3 is 1. The van der Waals surface area contributed by atoms with Crippen LogP contribution in [0.25, 0.3) is 16.4 Å². The van der Waals surface area contributed by atoms with E-state index < -0.39 is 12.1 Å². The van der Waals surface area contributed by atoms with Crippen LogP contribution in [0.5, 0.6) is 11.5 Å². The molecule has 3 aliphatic heterocycles. The highest BCUT2D eigenvalue weighted by atomic mass is 35.5. The van der Waals surface area contributed by atoms with Crippen molar-refractivity contribution in [1.29, 1.82) is 0 Å². The summed E-state index contributed by atoms with van der Waals surface area (Å²) in [7, 11) is 1.64. The Balaban J connectivity index is 0.000000151. The number of aryl methyl sites for hydroxylation is 4. The highest BCUT2D eigenvalue weighted by Crippen LogP contribution is 2.41. The standard InChI is InChI=1S/C25H27ClN4O2.C23H23ClN4O2.C23H25ClN4OS/c1-5-6-19(31)13-22-25-29-28-16(4)30(25)23-14-20(32-15(2)3)11-12-21(23)24(27-22)17-7-9-18(26)10-8-17;1-13(2)21(29)12-19-23-27-26-14(3)28(23)20-11-17(30-4)9-10-18(20)22(25-19)15-5-7-16(24)8-6-15;1-12(2)10-18(29)11-19-22-27-26-15(5)28(22)23-20(13(3)14(4)30-23)21(25-19)16-6-8-17(24)9-7-16/h7-12,14-15,22H,5-6,13H2,1-4H3;5-11,13,19H,12H2,1-4H3;6-9,12,19H,10-11H2,1-5H3/t22-;2*19-/m000/s1. The molecular formula is C71H75Cl3N12O5S. The maximum Gasteiger partial charge on any atom is 0.163 e. The molecule has 0 saturated carbocycles. The van der Waals surface area contributed by atoms with E-state index in [1.165, 1.54) is 10.4 Å². The van der Waals surface area contributed by atoms with E-state index in [0.29, 0.717) is 51.9 Å². The maximum atomic E-state index is 12.7. The summed E-state index contributed by atoms with van der Waals surface area (Å²) in [5, 5.41) is 29.3. The van der Waals surface area contributed by atoms with E-state index in [1.807, 2.05) is 174 Å². The molecule has 0 spiro atoms. The van der Waals surface area contributed by atoms with Crippen LogP contribution in [-0.4, -0.2) is 92.0 Å². The number of halogens is 3. The number of aromatic nitrogens is 9. The average Bonchev–Trinajstić information content (AvgIpc) is 1.61. The second kappa shape index (κ2) is 28.7.